The molecule has 0 fully saturated rings. The minimum absolute atomic E-state index is 0.104. The molecule has 4 aromatic carbocycles. The molecule has 0 aliphatic rings. The van der Waals surface area contributed by atoms with Crippen LogP contribution in [0.15, 0.2) is 119 Å². The van der Waals surface area contributed by atoms with Gasteiger partial charge in [0, 0.05) is 17.5 Å². The van der Waals surface area contributed by atoms with Gasteiger partial charge in [0.05, 0.1) is 19.7 Å². The summed E-state index contributed by atoms with van der Waals surface area (Å²) < 4.78 is 12.4. The molecule has 216 valence electrons. The zero-order valence-electron chi connectivity index (χ0n) is 23.7. The third-order valence-electron chi connectivity index (χ3n) is 6.86. The van der Waals surface area contributed by atoms with E-state index >= 15 is 0 Å². The van der Waals surface area contributed by atoms with E-state index in [1.54, 1.807) is 53.1 Å². The Morgan fingerprint density at radius 1 is 0.860 bits per heavy atom. The molecule has 5 rings (SSSR count). The quantitative estimate of drug-likeness (QED) is 0.143. The van der Waals surface area contributed by atoms with E-state index in [9.17, 15) is 14.7 Å². The topological polar surface area (TPSA) is 115 Å². The maximum atomic E-state index is 13.4. The number of para-hydroxylation sites is 1. The first-order valence-electron chi connectivity index (χ1n) is 13.6. The molecular formula is C34H30N4O5. The van der Waals surface area contributed by atoms with Crippen molar-refractivity contribution in [1.29, 1.82) is 0 Å². The van der Waals surface area contributed by atoms with Crippen molar-refractivity contribution in [3.63, 3.8) is 0 Å². The van der Waals surface area contributed by atoms with Crippen LogP contribution in [0.3, 0.4) is 0 Å². The number of aromatic hydroxyl groups is 1. The van der Waals surface area contributed by atoms with E-state index in [2.05, 4.69) is 15.5 Å². The van der Waals surface area contributed by atoms with Crippen molar-refractivity contribution in [2.24, 2.45) is 10.2 Å². The number of amides is 2. The number of carbonyl (C=O) groups is 2. The Labute approximate surface area is 248 Å². The van der Waals surface area contributed by atoms with Crippen LogP contribution in [-0.2, 0) is 17.8 Å². The molecule has 0 saturated heterocycles. The molecular weight excluding hydrogens is 544 g/mol. The van der Waals surface area contributed by atoms with E-state index in [0.29, 0.717) is 41.0 Å². The third-order valence-corrected chi connectivity index (χ3v) is 6.86. The van der Waals surface area contributed by atoms with Crippen LogP contribution in [0.1, 0.15) is 21.5 Å². The second-order valence-corrected chi connectivity index (χ2v) is 9.57. The number of azo groups is 1. The molecule has 0 unspecified atom stereocenters. The van der Waals surface area contributed by atoms with Crippen molar-refractivity contribution in [2.45, 2.75) is 13.0 Å². The van der Waals surface area contributed by atoms with Crippen LogP contribution in [0.5, 0.6) is 17.4 Å². The summed E-state index contributed by atoms with van der Waals surface area (Å²) in [6, 6.07) is 30.9. The van der Waals surface area contributed by atoms with Crippen molar-refractivity contribution in [3.05, 3.63) is 126 Å². The third kappa shape index (κ3) is 6.62. The molecule has 0 saturated carbocycles. The van der Waals surface area contributed by atoms with Gasteiger partial charge < -0.3 is 24.5 Å². The molecule has 0 bridgehead atoms. The van der Waals surface area contributed by atoms with Crippen molar-refractivity contribution in [2.75, 3.05) is 14.2 Å². The van der Waals surface area contributed by atoms with Crippen LogP contribution in [0.2, 0.25) is 0 Å². The largest absolute Gasteiger partial charge is 0.493 e. The minimum atomic E-state index is -0.806. The molecule has 1 aromatic heterocycles. The van der Waals surface area contributed by atoms with E-state index in [1.165, 1.54) is 20.3 Å². The van der Waals surface area contributed by atoms with E-state index in [4.69, 9.17) is 9.47 Å². The van der Waals surface area contributed by atoms with Gasteiger partial charge >= 0.3 is 5.91 Å². The summed E-state index contributed by atoms with van der Waals surface area (Å²) in [5.41, 5.74) is 2.86. The highest BCUT2D eigenvalue weighted by molar-refractivity contribution is 6.05. The molecule has 0 atom stereocenters. The number of methoxy groups -OCH3 is 2. The Morgan fingerprint density at radius 2 is 1.53 bits per heavy atom. The summed E-state index contributed by atoms with van der Waals surface area (Å²) in [4.78, 5) is 26.4. The van der Waals surface area contributed by atoms with Crippen LogP contribution in [-0.4, -0.2) is 35.7 Å². The highest BCUT2D eigenvalue weighted by Gasteiger charge is 2.19. The fourth-order valence-electron chi connectivity index (χ4n) is 4.68. The SMILES string of the molecule is COc1ccc(/C=C(/NC(=O)c2ccccc2)C(=O)N=Nc2c(O)n(CCc3ccccc3)c3ccccc23)cc1OC. The van der Waals surface area contributed by atoms with Gasteiger partial charge in [-0.05, 0) is 54.0 Å². The monoisotopic (exact) mass is 574 g/mol. The number of aryl methyl sites for hydroxylation is 2. The first-order valence-corrected chi connectivity index (χ1v) is 13.6. The fourth-order valence-corrected chi connectivity index (χ4v) is 4.68. The Morgan fingerprint density at radius 3 is 2.26 bits per heavy atom. The first kappa shape index (κ1) is 28.8. The van der Waals surface area contributed by atoms with Crippen LogP contribution in [0, 0.1) is 0 Å². The van der Waals surface area contributed by atoms with Crippen LogP contribution in [0.4, 0.5) is 5.69 Å². The average molecular weight is 575 g/mol. The van der Waals surface area contributed by atoms with Gasteiger partial charge in [-0.3, -0.25) is 9.59 Å². The van der Waals surface area contributed by atoms with Crippen LogP contribution < -0.4 is 14.8 Å². The molecule has 2 amide bonds. The van der Waals surface area contributed by atoms with Crippen molar-refractivity contribution in [1.82, 2.24) is 9.88 Å². The van der Waals surface area contributed by atoms with Gasteiger partial charge in [0.25, 0.3) is 5.91 Å². The number of benzene rings is 4. The Balaban J connectivity index is 1.48. The normalized spacial score (nSPS) is 11.5. The molecule has 0 aliphatic heterocycles. The number of aromatic nitrogens is 1. The molecule has 1 heterocycles. The van der Waals surface area contributed by atoms with Gasteiger partial charge in [-0.1, -0.05) is 72.8 Å². The lowest BCUT2D eigenvalue weighted by atomic mass is 10.1. The Hall–Kier alpha value is -5.70. The van der Waals surface area contributed by atoms with Gasteiger partial charge in [-0.2, -0.15) is 0 Å². The van der Waals surface area contributed by atoms with Gasteiger partial charge in [-0.25, -0.2) is 0 Å². The zero-order chi connectivity index (χ0) is 30.2. The van der Waals surface area contributed by atoms with E-state index in [0.717, 1.165) is 11.1 Å². The van der Waals surface area contributed by atoms with Gasteiger partial charge in [0.2, 0.25) is 5.88 Å². The van der Waals surface area contributed by atoms with E-state index in [-0.39, 0.29) is 17.3 Å². The summed E-state index contributed by atoms with van der Waals surface area (Å²) in [7, 11) is 3.03. The standard InChI is InChI=1S/C34H30N4O5/c1-42-29-18-17-24(22-30(29)43-2)21-27(35-32(39)25-13-7-4-8-14-25)33(40)37-36-31-26-15-9-10-16-28(26)38(34(31)41)20-19-23-11-5-3-6-12-23/h3-18,21-22,41H,19-20H2,1-2H3,(H,35,39)/b27-21+,37-36?. The van der Waals surface area contributed by atoms with Crippen molar-refractivity contribution < 1.29 is 24.2 Å². The number of rotatable bonds is 10. The van der Waals surface area contributed by atoms with Crippen LogP contribution in [0.25, 0.3) is 17.0 Å². The minimum Gasteiger partial charge on any atom is -0.493 e. The lowest BCUT2D eigenvalue weighted by Gasteiger charge is -2.10. The average Bonchev–Trinajstić information content (AvgIpc) is 3.32. The van der Waals surface area contributed by atoms with Crippen molar-refractivity contribution >= 4 is 34.5 Å². The first-order chi connectivity index (χ1) is 21.0. The summed E-state index contributed by atoms with van der Waals surface area (Å²) in [6.45, 7) is 0.497. The molecule has 9 nitrogen and oxygen atoms in total. The number of nitrogens with one attached hydrogen (secondary N) is 1. The molecule has 2 N–H and O–H groups in total. The van der Waals surface area contributed by atoms with Gasteiger partial charge in [-0.15, -0.1) is 10.2 Å². The number of nitrogens with zero attached hydrogens (tertiary/aromatic N) is 3. The molecule has 0 aliphatic carbocycles. The number of ether oxygens (including phenoxy) is 2. The summed E-state index contributed by atoms with van der Waals surface area (Å²) in [5.74, 6) is -0.435. The predicted molar refractivity (Wildman–Crippen MR) is 165 cm³/mol. The number of hydrogen-bond donors (Lipinski definition) is 2. The van der Waals surface area contributed by atoms with Gasteiger partial charge in [0.15, 0.2) is 17.2 Å². The lowest BCUT2D eigenvalue weighted by Crippen LogP contribution is -2.26. The second-order valence-electron chi connectivity index (χ2n) is 9.57. The Bertz CT molecular complexity index is 1810. The molecule has 43 heavy (non-hydrogen) atoms. The molecule has 5 aromatic rings. The number of carbonyl (C=O) groups excluding carboxylic acids is 2. The number of hydrogen-bond acceptors (Lipinski definition) is 6. The molecule has 0 spiro atoms. The zero-order valence-corrected chi connectivity index (χ0v) is 23.7. The smallest absolute Gasteiger partial charge is 0.311 e. The van der Waals surface area contributed by atoms with E-state index in [1.807, 2.05) is 54.6 Å². The summed E-state index contributed by atoms with van der Waals surface area (Å²) >= 11 is 0. The molecule has 0 radical (unpaired) electrons. The van der Waals surface area contributed by atoms with E-state index < -0.39 is 11.8 Å². The number of fused-ring (bicyclic) bond motifs is 1. The highest BCUT2D eigenvalue weighted by Crippen LogP contribution is 2.39. The van der Waals surface area contributed by atoms with Crippen LogP contribution >= 0.6 is 0 Å². The predicted octanol–water partition coefficient (Wildman–Crippen LogP) is 6.69. The fraction of sp³-hybridized carbons (Fsp3) is 0.118. The Kier molecular flexibility index (Phi) is 8.92. The highest BCUT2D eigenvalue weighted by atomic mass is 16.5. The lowest BCUT2D eigenvalue weighted by molar-refractivity contribution is -0.115. The summed E-state index contributed by atoms with van der Waals surface area (Å²) in [6.07, 6.45) is 2.17. The maximum Gasteiger partial charge on any atom is 0.311 e. The van der Waals surface area contributed by atoms with Gasteiger partial charge in [0.1, 0.15) is 5.70 Å². The van der Waals surface area contributed by atoms with Crippen molar-refractivity contribution in [3.8, 4) is 17.4 Å². The molecule has 9 heteroatoms. The maximum absolute atomic E-state index is 13.4. The summed E-state index contributed by atoms with van der Waals surface area (Å²) in [5, 5.41) is 22.6. The second kappa shape index (κ2) is 13.3.